The number of hydrogen-bond acceptors (Lipinski definition) is 13. The van der Waals surface area contributed by atoms with Crippen LogP contribution in [-0.4, -0.2) is 170 Å². The van der Waals surface area contributed by atoms with E-state index < -0.39 is 61.3 Å². The van der Waals surface area contributed by atoms with Crippen LogP contribution in [0.3, 0.4) is 0 Å². The lowest BCUT2D eigenvalue weighted by Gasteiger charge is -2.41. The van der Waals surface area contributed by atoms with Crippen LogP contribution in [0, 0.1) is 17.2 Å². The Balaban J connectivity index is 1.20. The van der Waals surface area contributed by atoms with Gasteiger partial charge in [0.1, 0.15) is 17.9 Å². The number of likely N-dealkylation sites (tertiary alicyclic amines) is 2. The number of rotatable bonds is 17. The number of piperidine rings is 2. The molecule has 2 aromatic carbocycles. The fourth-order valence-corrected chi connectivity index (χ4v) is 8.84. The number of carboxylic acids is 4. The number of aliphatic carboxylic acids is 4. The summed E-state index contributed by atoms with van der Waals surface area (Å²) in [5.41, 5.74) is 0.546. The van der Waals surface area contributed by atoms with Crippen LogP contribution in [0.4, 0.5) is 13.2 Å². The van der Waals surface area contributed by atoms with Crippen molar-refractivity contribution in [3.63, 3.8) is 0 Å². The van der Waals surface area contributed by atoms with Crippen molar-refractivity contribution in [1.29, 1.82) is 5.26 Å². The first kappa shape index (κ1) is 50.0. The Morgan fingerprint density at radius 2 is 1.37 bits per heavy atom. The molecule has 3 aromatic rings. The number of carbonyl (C=O) groups excluding carboxylic acids is 1. The molecule has 1 amide bonds. The van der Waals surface area contributed by atoms with E-state index in [-0.39, 0.29) is 86.3 Å². The van der Waals surface area contributed by atoms with Gasteiger partial charge in [0.15, 0.2) is 0 Å². The van der Waals surface area contributed by atoms with Gasteiger partial charge < -0.3 is 30.1 Å². The summed E-state index contributed by atoms with van der Waals surface area (Å²) in [6.07, 6.45) is 1.84. The van der Waals surface area contributed by atoms with Crippen LogP contribution >= 0.6 is 0 Å². The van der Waals surface area contributed by atoms with Crippen LogP contribution in [-0.2, 0) is 36.7 Å². The molecule has 3 aliphatic rings. The molecule has 358 valence electrons. The molecule has 1 atom stereocenters. The normalized spacial score (nSPS) is 18.8. The second-order valence-electron chi connectivity index (χ2n) is 17.0. The zero-order valence-corrected chi connectivity index (χ0v) is 36.7. The van der Waals surface area contributed by atoms with Crippen LogP contribution in [0.25, 0.3) is 23.3 Å². The Kier molecular flexibility index (Phi) is 17.0. The summed E-state index contributed by atoms with van der Waals surface area (Å²) in [5, 5.41) is 48.6. The van der Waals surface area contributed by atoms with Crippen molar-refractivity contribution in [3.05, 3.63) is 82.7 Å². The van der Waals surface area contributed by atoms with E-state index in [4.69, 9.17) is 4.74 Å². The zero-order chi connectivity index (χ0) is 48.3. The number of amides is 1. The Labute approximate surface area is 384 Å². The quantitative estimate of drug-likeness (QED) is 0.149. The first-order chi connectivity index (χ1) is 32.0. The number of carboxylic acid groups (broad SMARTS) is 4. The lowest BCUT2D eigenvalue weighted by Crippen LogP contribution is -2.58. The molecule has 4 N–H and O–H groups in total. The molecule has 67 heavy (non-hydrogen) atoms. The Morgan fingerprint density at radius 1 is 0.776 bits per heavy atom. The first-order valence-corrected chi connectivity index (χ1v) is 21.8. The van der Waals surface area contributed by atoms with E-state index in [1.165, 1.54) is 39.1 Å². The highest BCUT2D eigenvalue weighted by atomic mass is 19.4. The van der Waals surface area contributed by atoms with Gasteiger partial charge in [0.2, 0.25) is 5.91 Å². The molecule has 4 heterocycles. The van der Waals surface area contributed by atoms with Crippen molar-refractivity contribution in [2.45, 2.75) is 50.9 Å². The predicted molar refractivity (Wildman–Crippen MR) is 234 cm³/mol. The summed E-state index contributed by atoms with van der Waals surface area (Å²) in [5.74, 6) is -4.89. The molecule has 0 unspecified atom stereocenters. The highest BCUT2D eigenvalue weighted by molar-refractivity contribution is 5.80. The second kappa shape index (κ2) is 22.8. The van der Waals surface area contributed by atoms with Crippen molar-refractivity contribution in [3.8, 4) is 22.9 Å². The lowest BCUT2D eigenvalue weighted by molar-refractivity contribution is -0.147. The number of benzene rings is 2. The fraction of sp³-hybridized carbons (Fsp3) is 0.457. The number of hydrogen-bond donors (Lipinski definition) is 4. The van der Waals surface area contributed by atoms with E-state index in [0.29, 0.717) is 57.3 Å². The second-order valence-corrected chi connectivity index (χ2v) is 17.0. The maximum atomic E-state index is 14.9. The van der Waals surface area contributed by atoms with Gasteiger partial charge in [-0.1, -0.05) is 42.8 Å². The highest BCUT2D eigenvalue weighted by Gasteiger charge is 2.36. The van der Waals surface area contributed by atoms with Crippen molar-refractivity contribution in [2.24, 2.45) is 5.92 Å². The number of pyridine rings is 1. The van der Waals surface area contributed by atoms with Gasteiger partial charge in [0.05, 0.1) is 76.3 Å². The van der Waals surface area contributed by atoms with Crippen molar-refractivity contribution < 1.29 is 62.3 Å². The minimum absolute atomic E-state index is 0.0675. The molecule has 0 aliphatic carbocycles. The smallest absolute Gasteiger partial charge is 0.417 e. The third-order valence-corrected chi connectivity index (χ3v) is 11.9. The summed E-state index contributed by atoms with van der Waals surface area (Å²) < 4.78 is 51.1. The molecule has 0 bridgehead atoms. The Hall–Kier alpha value is -6.44. The summed E-state index contributed by atoms with van der Waals surface area (Å²) in [6.45, 7) is -1.00. The lowest BCUT2D eigenvalue weighted by atomic mass is 9.96. The van der Waals surface area contributed by atoms with Gasteiger partial charge in [-0.25, -0.2) is 0 Å². The van der Waals surface area contributed by atoms with E-state index in [1.54, 1.807) is 32.9 Å². The molecule has 0 spiro atoms. The van der Waals surface area contributed by atoms with Crippen LogP contribution in [0.15, 0.2) is 54.7 Å². The molecule has 18 nitrogen and oxygen atoms in total. The van der Waals surface area contributed by atoms with Gasteiger partial charge in [-0.15, -0.1) is 0 Å². The van der Waals surface area contributed by atoms with Crippen LogP contribution in [0.2, 0.25) is 0 Å². The summed E-state index contributed by atoms with van der Waals surface area (Å²) in [6, 6.07) is 14.2. The van der Waals surface area contributed by atoms with Gasteiger partial charge in [-0.2, -0.15) is 18.4 Å². The van der Waals surface area contributed by atoms with E-state index in [0.717, 1.165) is 11.6 Å². The van der Waals surface area contributed by atoms with Gasteiger partial charge in [-0.3, -0.25) is 53.5 Å². The minimum Gasteiger partial charge on any atom is -0.493 e. The highest BCUT2D eigenvalue weighted by Crippen LogP contribution is 2.39. The Bertz CT molecular complexity index is 2310. The van der Waals surface area contributed by atoms with Gasteiger partial charge in [-0.05, 0) is 73.5 Å². The monoisotopic (exact) mass is 934 g/mol. The molecule has 3 saturated heterocycles. The minimum atomic E-state index is -4.83. The number of alkyl halides is 3. The zero-order valence-electron chi connectivity index (χ0n) is 36.7. The third-order valence-electron chi connectivity index (χ3n) is 11.9. The SMILES string of the molecule is N#Cc1c(-c2ccccc2)ccnc1/C=C/c1cc(OCC2CCN(C(=O)CN3CN(CC(=O)O)CN(CC(=O)O)CN(CC(=O)O)C3)CC2)c(CN2CCCC[C@H]2C(=O)O)cc1C(F)(F)F. The standard InChI is InChI=1S/C46H53F3N8O10/c47-46(48,49)37-18-34(21-57-15-5-4-8-39(57)45(65)66)40(19-33(37)9-10-38-36(20-50)35(11-14-51-38)32-6-2-1-3-7-32)67-26-31-12-16-56(17-13-31)41(58)22-52-27-53(23-42(59)60)29-55(25-44(63)64)30-54(28-52)24-43(61)62/h1-3,6-7,9-11,14,18-19,31,39H,4-5,8,12-13,15-17,21-30H2,(H,59,60)(H,61,62)(H,63,64)(H,65,66)/b10-9+/t39-/m0/s1. The van der Waals surface area contributed by atoms with Gasteiger partial charge in [0.25, 0.3) is 0 Å². The predicted octanol–water partition coefficient (Wildman–Crippen LogP) is 4.17. The summed E-state index contributed by atoms with van der Waals surface area (Å²) in [4.78, 5) is 74.3. The van der Waals surface area contributed by atoms with E-state index in [9.17, 15) is 62.8 Å². The molecular formula is C46H53F3N8O10. The molecule has 6 rings (SSSR count). The third kappa shape index (κ3) is 14.0. The number of nitriles is 1. The van der Waals surface area contributed by atoms with Crippen molar-refractivity contribution in [2.75, 3.05) is 79.1 Å². The molecule has 3 fully saturated rings. The fourth-order valence-electron chi connectivity index (χ4n) is 8.84. The average molecular weight is 935 g/mol. The molecule has 0 saturated carbocycles. The maximum absolute atomic E-state index is 14.9. The van der Waals surface area contributed by atoms with E-state index >= 15 is 0 Å². The van der Waals surface area contributed by atoms with E-state index in [1.807, 2.05) is 18.2 Å². The average Bonchev–Trinajstić information content (AvgIpc) is 3.26. The molecule has 3 aliphatic heterocycles. The molecular weight excluding hydrogens is 882 g/mol. The van der Waals surface area contributed by atoms with Gasteiger partial charge in [0, 0.05) is 37.0 Å². The van der Waals surface area contributed by atoms with Crippen molar-refractivity contribution >= 4 is 41.9 Å². The molecule has 1 aromatic heterocycles. The first-order valence-electron chi connectivity index (χ1n) is 21.8. The van der Waals surface area contributed by atoms with E-state index in [2.05, 4.69) is 11.1 Å². The maximum Gasteiger partial charge on any atom is 0.417 e. The summed E-state index contributed by atoms with van der Waals surface area (Å²) in [7, 11) is 0. The number of halogens is 3. The van der Waals surface area contributed by atoms with Crippen LogP contribution in [0.1, 0.15) is 60.1 Å². The van der Waals surface area contributed by atoms with Crippen LogP contribution in [0.5, 0.6) is 5.75 Å². The number of ether oxygens (including phenoxy) is 1. The van der Waals surface area contributed by atoms with Crippen molar-refractivity contribution in [1.82, 2.24) is 34.4 Å². The molecule has 21 heteroatoms. The van der Waals surface area contributed by atoms with Gasteiger partial charge >= 0.3 is 30.1 Å². The number of aromatic nitrogens is 1. The number of nitrogens with zero attached hydrogens (tertiary/aromatic N) is 8. The largest absolute Gasteiger partial charge is 0.493 e. The summed E-state index contributed by atoms with van der Waals surface area (Å²) >= 11 is 0. The number of carbonyl (C=O) groups is 5. The topological polar surface area (TPSA) is 232 Å². The Morgan fingerprint density at radius 3 is 1.93 bits per heavy atom. The molecule has 0 radical (unpaired) electrons. The van der Waals surface area contributed by atoms with Crippen LogP contribution < -0.4 is 4.74 Å².